The van der Waals surface area contributed by atoms with Crippen LogP contribution in [0.25, 0.3) is 0 Å². The number of carbonyl (C=O) groups is 1. The fourth-order valence-electron chi connectivity index (χ4n) is 2.59. The van der Waals surface area contributed by atoms with Crippen molar-refractivity contribution in [2.75, 3.05) is 0 Å². The summed E-state index contributed by atoms with van der Waals surface area (Å²) in [7, 11) is 0. The minimum atomic E-state index is -0.0580. The molecule has 1 aromatic rings. The lowest BCUT2D eigenvalue weighted by Gasteiger charge is -2.28. The number of hydrogen-bond donors (Lipinski definition) is 1. The maximum absolute atomic E-state index is 12.1. The van der Waals surface area contributed by atoms with Crippen LogP contribution in [-0.2, 0) is 0 Å². The highest BCUT2D eigenvalue weighted by molar-refractivity contribution is 6.29. The van der Waals surface area contributed by atoms with Crippen LogP contribution >= 0.6 is 11.6 Å². The molecule has 1 heterocycles. The Morgan fingerprint density at radius 3 is 2.83 bits per heavy atom. The normalized spacial score (nSPS) is 18.3. The lowest BCUT2D eigenvalue weighted by Crippen LogP contribution is -2.38. The van der Waals surface area contributed by atoms with E-state index in [2.05, 4.69) is 17.2 Å². The second-order valence-electron chi connectivity index (χ2n) is 5.03. The standard InChI is InChI=1S/C14H19ClN2O/c1-10(11-5-3-2-4-6-11)17-14(18)12-7-8-16-13(15)9-12/h7-11H,2-6H2,1H3,(H,17,18)/t10-/m0/s1. The second kappa shape index (κ2) is 6.19. The van der Waals surface area contributed by atoms with Crippen LogP contribution in [0, 0.1) is 5.92 Å². The minimum Gasteiger partial charge on any atom is -0.349 e. The van der Waals surface area contributed by atoms with Crippen molar-refractivity contribution in [2.24, 2.45) is 5.92 Å². The molecule has 0 saturated heterocycles. The number of rotatable bonds is 3. The molecule has 0 aromatic carbocycles. The molecule has 1 aliphatic carbocycles. The average Bonchev–Trinajstić information content (AvgIpc) is 2.39. The average molecular weight is 267 g/mol. The molecule has 3 nitrogen and oxygen atoms in total. The molecule has 1 fully saturated rings. The van der Waals surface area contributed by atoms with Crippen LogP contribution in [-0.4, -0.2) is 16.9 Å². The van der Waals surface area contributed by atoms with Crippen molar-refractivity contribution in [2.45, 2.75) is 45.1 Å². The lowest BCUT2D eigenvalue weighted by atomic mass is 9.84. The molecule has 0 spiro atoms. The zero-order valence-corrected chi connectivity index (χ0v) is 11.4. The number of amides is 1. The van der Waals surface area contributed by atoms with Crippen molar-refractivity contribution in [3.63, 3.8) is 0 Å². The fourth-order valence-corrected chi connectivity index (χ4v) is 2.76. The Hall–Kier alpha value is -1.09. The number of carbonyl (C=O) groups excluding carboxylic acids is 1. The largest absolute Gasteiger partial charge is 0.349 e. The summed E-state index contributed by atoms with van der Waals surface area (Å²) in [6.45, 7) is 2.09. The molecule has 98 valence electrons. The Bertz CT molecular complexity index is 416. The number of halogens is 1. The van der Waals surface area contributed by atoms with Crippen LogP contribution < -0.4 is 5.32 Å². The Labute approximate surface area is 113 Å². The SMILES string of the molecule is C[C@H](NC(=O)c1ccnc(Cl)c1)C1CCCCC1. The zero-order chi connectivity index (χ0) is 13.0. The monoisotopic (exact) mass is 266 g/mol. The molecule has 4 heteroatoms. The van der Waals surface area contributed by atoms with Gasteiger partial charge in [-0.15, -0.1) is 0 Å². The third-order valence-corrected chi connectivity index (χ3v) is 3.91. The Balaban J connectivity index is 1.94. The van der Waals surface area contributed by atoms with Gasteiger partial charge in [-0.05, 0) is 37.8 Å². The first-order valence-corrected chi connectivity index (χ1v) is 6.97. The summed E-state index contributed by atoms with van der Waals surface area (Å²) >= 11 is 5.78. The highest BCUT2D eigenvalue weighted by Crippen LogP contribution is 2.26. The van der Waals surface area contributed by atoms with E-state index in [1.165, 1.54) is 32.1 Å². The van der Waals surface area contributed by atoms with E-state index in [0.29, 0.717) is 16.6 Å². The first-order valence-electron chi connectivity index (χ1n) is 6.59. The van der Waals surface area contributed by atoms with Crippen LogP contribution in [0.1, 0.15) is 49.4 Å². The summed E-state index contributed by atoms with van der Waals surface area (Å²) in [4.78, 5) is 15.9. The maximum Gasteiger partial charge on any atom is 0.251 e. The van der Waals surface area contributed by atoms with Gasteiger partial charge < -0.3 is 5.32 Å². The molecule has 1 aliphatic rings. The fraction of sp³-hybridized carbons (Fsp3) is 0.571. The van der Waals surface area contributed by atoms with Gasteiger partial charge in [-0.2, -0.15) is 0 Å². The van der Waals surface area contributed by atoms with Gasteiger partial charge in [0.1, 0.15) is 5.15 Å². The van der Waals surface area contributed by atoms with Crippen molar-refractivity contribution in [1.29, 1.82) is 0 Å². The van der Waals surface area contributed by atoms with E-state index in [1.54, 1.807) is 18.3 Å². The summed E-state index contributed by atoms with van der Waals surface area (Å²) in [5.74, 6) is 0.553. The van der Waals surface area contributed by atoms with Gasteiger partial charge in [0.05, 0.1) is 0 Å². The second-order valence-corrected chi connectivity index (χ2v) is 5.41. The molecule has 0 aliphatic heterocycles. The summed E-state index contributed by atoms with van der Waals surface area (Å²) in [6, 6.07) is 3.52. The van der Waals surface area contributed by atoms with E-state index < -0.39 is 0 Å². The third-order valence-electron chi connectivity index (χ3n) is 3.70. The number of aromatic nitrogens is 1. The van der Waals surface area contributed by atoms with Crippen LogP contribution in [0.5, 0.6) is 0 Å². The van der Waals surface area contributed by atoms with Gasteiger partial charge >= 0.3 is 0 Å². The predicted octanol–water partition coefficient (Wildman–Crippen LogP) is 3.43. The van der Waals surface area contributed by atoms with E-state index in [0.717, 1.165) is 0 Å². The first kappa shape index (κ1) is 13.3. The highest BCUT2D eigenvalue weighted by Gasteiger charge is 2.21. The molecular formula is C14H19ClN2O. The maximum atomic E-state index is 12.1. The number of hydrogen-bond acceptors (Lipinski definition) is 2. The van der Waals surface area contributed by atoms with Gasteiger partial charge in [0.15, 0.2) is 0 Å². The summed E-state index contributed by atoms with van der Waals surface area (Å²) < 4.78 is 0. The molecule has 1 aromatic heterocycles. The molecule has 1 amide bonds. The van der Waals surface area contributed by atoms with Gasteiger partial charge in [-0.1, -0.05) is 30.9 Å². The van der Waals surface area contributed by atoms with Crippen molar-refractivity contribution in [3.8, 4) is 0 Å². The van der Waals surface area contributed by atoms with Crippen molar-refractivity contribution in [1.82, 2.24) is 10.3 Å². The number of nitrogens with zero attached hydrogens (tertiary/aromatic N) is 1. The van der Waals surface area contributed by atoms with Crippen molar-refractivity contribution >= 4 is 17.5 Å². The Kier molecular flexibility index (Phi) is 4.59. The molecule has 18 heavy (non-hydrogen) atoms. The molecular weight excluding hydrogens is 248 g/mol. The van der Waals surface area contributed by atoms with Gasteiger partial charge in [0, 0.05) is 17.8 Å². The van der Waals surface area contributed by atoms with Crippen LogP contribution in [0.2, 0.25) is 5.15 Å². The summed E-state index contributed by atoms with van der Waals surface area (Å²) in [5.41, 5.74) is 0.581. The molecule has 0 unspecified atom stereocenters. The molecule has 1 atom stereocenters. The van der Waals surface area contributed by atoms with Crippen molar-refractivity contribution < 1.29 is 4.79 Å². The molecule has 2 rings (SSSR count). The van der Waals surface area contributed by atoms with E-state index in [-0.39, 0.29) is 11.9 Å². The van der Waals surface area contributed by atoms with Crippen LogP contribution in [0.15, 0.2) is 18.3 Å². The molecule has 1 N–H and O–H groups in total. The van der Waals surface area contributed by atoms with Gasteiger partial charge in [0.2, 0.25) is 0 Å². The highest BCUT2D eigenvalue weighted by atomic mass is 35.5. The quantitative estimate of drug-likeness (QED) is 0.852. The lowest BCUT2D eigenvalue weighted by molar-refractivity contribution is 0.0919. The van der Waals surface area contributed by atoms with Gasteiger partial charge in [-0.25, -0.2) is 4.98 Å². The summed E-state index contributed by atoms with van der Waals surface area (Å²) in [5, 5.41) is 3.42. The topological polar surface area (TPSA) is 42.0 Å². The minimum absolute atomic E-state index is 0.0580. The predicted molar refractivity (Wildman–Crippen MR) is 72.8 cm³/mol. The molecule has 1 saturated carbocycles. The first-order chi connectivity index (χ1) is 8.66. The van der Waals surface area contributed by atoms with E-state index >= 15 is 0 Å². The van der Waals surface area contributed by atoms with Crippen LogP contribution in [0.3, 0.4) is 0 Å². The Morgan fingerprint density at radius 1 is 1.44 bits per heavy atom. The smallest absolute Gasteiger partial charge is 0.251 e. The summed E-state index contributed by atoms with van der Waals surface area (Å²) in [6.07, 6.45) is 7.90. The number of nitrogens with one attached hydrogen (secondary N) is 1. The zero-order valence-electron chi connectivity index (χ0n) is 10.7. The van der Waals surface area contributed by atoms with Crippen LogP contribution in [0.4, 0.5) is 0 Å². The van der Waals surface area contributed by atoms with E-state index in [9.17, 15) is 4.79 Å². The van der Waals surface area contributed by atoms with Gasteiger partial charge in [0.25, 0.3) is 5.91 Å². The van der Waals surface area contributed by atoms with Gasteiger partial charge in [-0.3, -0.25) is 4.79 Å². The van der Waals surface area contributed by atoms with E-state index in [4.69, 9.17) is 11.6 Å². The molecule has 0 radical (unpaired) electrons. The molecule has 0 bridgehead atoms. The number of pyridine rings is 1. The Morgan fingerprint density at radius 2 is 2.17 bits per heavy atom. The van der Waals surface area contributed by atoms with E-state index in [1.807, 2.05) is 0 Å². The third kappa shape index (κ3) is 3.45. The van der Waals surface area contributed by atoms with Crippen molar-refractivity contribution in [3.05, 3.63) is 29.0 Å².